The first kappa shape index (κ1) is 19.3. The number of carbonyl (C=O) groups is 3. The van der Waals surface area contributed by atoms with Gasteiger partial charge in [-0.25, -0.2) is 18.4 Å². The summed E-state index contributed by atoms with van der Waals surface area (Å²) in [6.45, 7) is 4.23. The Kier molecular flexibility index (Phi) is 5.86. The molecular formula is C18H17F2NO5. The van der Waals surface area contributed by atoms with Crippen molar-refractivity contribution >= 4 is 17.7 Å². The fourth-order valence-electron chi connectivity index (χ4n) is 2.51. The van der Waals surface area contributed by atoms with Gasteiger partial charge in [-0.1, -0.05) is 6.07 Å². The second-order valence-corrected chi connectivity index (χ2v) is 5.44. The van der Waals surface area contributed by atoms with E-state index in [0.29, 0.717) is 11.3 Å². The number of Topliss-reactive ketones (excluding diaryl/α,β-unsaturated/α-hetero) is 1. The average molecular weight is 365 g/mol. The Balaban J connectivity index is 2.15. The van der Waals surface area contributed by atoms with Crippen LogP contribution in [0.3, 0.4) is 0 Å². The predicted octanol–water partition coefficient (Wildman–Crippen LogP) is 3.13. The Bertz CT molecular complexity index is 852. The number of ketones is 1. The molecule has 0 amide bonds. The second kappa shape index (κ2) is 7.90. The van der Waals surface area contributed by atoms with Crippen molar-refractivity contribution in [3.05, 3.63) is 57.9 Å². The third-order valence-electron chi connectivity index (χ3n) is 3.70. The summed E-state index contributed by atoms with van der Waals surface area (Å²) in [6, 6.07) is 2.92. The van der Waals surface area contributed by atoms with E-state index < -0.39 is 41.5 Å². The molecule has 8 heteroatoms. The number of ether oxygens (including phenoxy) is 2. The molecule has 6 nitrogen and oxygen atoms in total. The van der Waals surface area contributed by atoms with Gasteiger partial charge < -0.3 is 14.5 Å². The van der Waals surface area contributed by atoms with Gasteiger partial charge >= 0.3 is 11.9 Å². The minimum Gasteiger partial charge on any atom is -0.462 e. The molecule has 1 aromatic heterocycles. The van der Waals surface area contributed by atoms with E-state index >= 15 is 0 Å². The van der Waals surface area contributed by atoms with Crippen molar-refractivity contribution in [2.75, 3.05) is 13.2 Å². The number of rotatable bonds is 6. The number of esters is 2. The number of carbonyl (C=O) groups excluding carboxylic acids is 3. The topological polar surface area (TPSA) is 85.5 Å². The minimum atomic E-state index is -1.29. The Hall–Kier alpha value is -3.03. The molecule has 0 fully saturated rings. The van der Waals surface area contributed by atoms with Crippen LogP contribution in [0.4, 0.5) is 8.78 Å². The average Bonchev–Trinajstić information content (AvgIpc) is 2.87. The highest BCUT2D eigenvalue weighted by molar-refractivity contribution is 6.03. The maximum Gasteiger partial charge on any atom is 0.344 e. The zero-order chi connectivity index (χ0) is 19.4. The minimum absolute atomic E-state index is 0.0624. The van der Waals surface area contributed by atoms with Crippen LogP contribution in [0.15, 0.2) is 18.2 Å². The molecule has 138 valence electrons. The number of hydrogen-bond donors (Lipinski definition) is 1. The largest absolute Gasteiger partial charge is 0.462 e. The molecule has 26 heavy (non-hydrogen) atoms. The number of aryl methyl sites for hydroxylation is 1. The van der Waals surface area contributed by atoms with E-state index in [-0.39, 0.29) is 17.9 Å². The van der Waals surface area contributed by atoms with Crippen molar-refractivity contribution in [1.82, 2.24) is 4.98 Å². The highest BCUT2D eigenvalue weighted by Crippen LogP contribution is 2.20. The lowest BCUT2D eigenvalue weighted by Gasteiger charge is -2.06. The van der Waals surface area contributed by atoms with E-state index in [0.717, 1.165) is 18.2 Å². The highest BCUT2D eigenvalue weighted by Gasteiger charge is 2.25. The van der Waals surface area contributed by atoms with Crippen molar-refractivity contribution in [1.29, 1.82) is 0 Å². The summed E-state index contributed by atoms with van der Waals surface area (Å²) >= 11 is 0. The SMILES string of the molecule is CCOC(=O)c1c(C)[nH]c(C(=O)COC(=O)c2c(F)cccc2F)c1C. The number of aromatic amines is 1. The van der Waals surface area contributed by atoms with Crippen LogP contribution < -0.4 is 0 Å². The molecule has 0 atom stereocenters. The quantitative estimate of drug-likeness (QED) is 0.628. The summed E-state index contributed by atoms with van der Waals surface area (Å²) in [6.07, 6.45) is 0. The number of H-pyrrole nitrogens is 1. The summed E-state index contributed by atoms with van der Waals surface area (Å²) in [7, 11) is 0. The molecule has 0 radical (unpaired) electrons. The van der Waals surface area contributed by atoms with Gasteiger partial charge in [-0.2, -0.15) is 0 Å². The molecule has 0 unspecified atom stereocenters. The smallest absolute Gasteiger partial charge is 0.344 e. The summed E-state index contributed by atoms with van der Waals surface area (Å²) in [5.74, 6) is -4.69. The number of halogens is 2. The van der Waals surface area contributed by atoms with E-state index in [1.54, 1.807) is 20.8 Å². The molecule has 0 saturated carbocycles. The summed E-state index contributed by atoms with van der Waals surface area (Å²) < 4.78 is 36.7. The van der Waals surface area contributed by atoms with Gasteiger partial charge in [0.15, 0.2) is 6.61 Å². The lowest BCUT2D eigenvalue weighted by atomic mass is 10.1. The molecule has 0 aliphatic carbocycles. The Morgan fingerprint density at radius 2 is 1.58 bits per heavy atom. The van der Waals surface area contributed by atoms with E-state index in [1.807, 2.05) is 0 Å². The first-order valence-electron chi connectivity index (χ1n) is 7.78. The van der Waals surface area contributed by atoms with E-state index in [2.05, 4.69) is 4.98 Å². The zero-order valence-electron chi connectivity index (χ0n) is 14.4. The highest BCUT2D eigenvalue weighted by atomic mass is 19.1. The normalized spacial score (nSPS) is 10.5. The predicted molar refractivity (Wildman–Crippen MR) is 87.2 cm³/mol. The van der Waals surface area contributed by atoms with Gasteiger partial charge in [-0.15, -0.1) is 0 Å². The maximum atomic E-state index is 13.5. The molecule has 1 aromatic carbocycles. The van der Waals surface area contributed by atoms with E-state index in [1.165, 1.54) is 0 Å². The van der Waals surface area contributed by atoms with Crippen molar-refractivity contribution in [2.45, 2.75) is 20.8 Å². The van der Waals surface area contributed by atoms with E-state index in [9.17, 15) is 23.2 Å². The zero-order valence-corrected chi connectivity index (χ0v) is 14.4. The molecule has 0 spiro atoms. The first-order valence-corrected chi connectivity index (χ1v) is 7.78. The fourth-order valence-corrected chi connectivity index (χ4v) is 2.51. The van der Waals surface area contributed by atoms with Gasteiger partial charge in [-0.3, -0.25) is 4.79 Å². The Morgan fingerprint density at radius 3 is 2.15 bits per heavy atom. The van der Waals surface area contributed by atoms with Crippen LogP contribution in [0, 0.1) is 25.5 Å². The molecule has 2 aromatic rings. The van der Waals surface area contributed by atoms with Crippen LogP contribution in [0.25, 0.3) is 0 Å². The maximum absolute atomic E-state index is 13.5. The van der Waals surface area contributed by atoms with Crippen LogP contribution in [0.2, 0.25) is 0 Å². The molecular weight excluding hydrogens is 348 g/mol. The summed E-state index contributed by atoms with van der Waals surface area (Å²) in [4.78, 5) is 38.8. The molecule has 0 bridgehead atoms. The number of nitrogens with one attached hydrogen (secondary N) is 1. The van der Waals surface area contributed by atoms with Crippen molar-refractivity contribution < 1.29 is 32.6 Å². The monoisotopic (exact) mass is 365 g/mol. The Labute approximate surface area is 148 Å². The molecule has 0 saturated heterocycles. The fraction of sp³-hybridized carbons (Fsp3) is 0.278. The van der Waals surface area contributed by atoms with Crippen molar-refractivity contribution in [3.63, 3.8) is 0 Å². The third-order valence-corrected chi connectivity index (χ3v) is 3.70. The first-order chi connectivity index (χ1) is 12.3. The molecule has 0 aliphatic rings. The second-order valence-electron chi connectivity index (χ2n) is 5.44. The number of hydrogen-bond acceptors (Lipinski definition) is 5. The number of benzene rings is 1. The van der Waals surface area contributed by atoms with Crippen LogP contribution in [-0.4, -0.2) is 35.9 Å². The lowest BCUT2D eigenvalue weighted by molar-refractivity contribution is 0.0462. The van der Waals surface area contributed by atoms with E-state index in [4.69, 9.17) is 9.47 Å². The van der Waals surface area contributed by atoms with Gasteiger partial charge in [0, 0.05) is 5.69 Å². The Morgan fingerprint density at radius 1 is 1.00 bits per heavy atom. The molecule has 0 aliphatic heterocycles. The van der Waals surface area contributed by atoms with Gasteiger partial charge in [-0.05, 0) is 38.5 Å². The van der Waals surface area contributed by atoms with Gasteiger partial charge in [0.25, 0.3) is 0 Å². The lowest BCUT2D eigenvalue weighted by Crippen LogP contribution is -2.17. The van der Waals surface area contributed by atoms with Crippen LogP contribution >= 0.6 is 0 Å². The van der Waals surface area contributed by atoms with Gasteiger partial charge in [0.1, 0.15) is 17.2 Å². The third kappa shape index (κ3) is 3.79. The summed E-state index contributed by atoms with van der Waals surface area (Å²) in [5, 5.41) is 0. The summed E-state index contributed by atoms with van der Waals surface area (Å²) in [5.41, 5.74) is 0.191. The molecule has 1 heterocycles. The van der Waals surface area contributed by atoms with Crippen LogP contribution in [0.5, 0.6) is 0 Å². The standard InChI is InChI=1S/C18H17F2NO5/c1-4-25-17(23)14-9(2)16(21-10(14)3)13(22)8-26-18(24)15-11(19)6-5-7-12(15)20/h5-7,21H,4,8H2,1-3H3. The van der Waals surface area contributed by atoms with Gasteiger partial charge in [0.2, 0.25) is 5.78 Å². The van der Waals surface area contributed by atoms with Gasteiger partial charge in [0.05, 0.1) is 17.9 Å². The molecule has 2 rings (SSSR count). The van der Waals surface area contributed by atoms with Crippen molar-refractivity contribution in [2.24, 2.45) is 0 Å². The number of aromatic nitrogens is 1. The van der Waals surface area contributed by atoms with Crippen molar-refractivity contribution in [3.8, 4) is 0 Å². The molecule has 1 N–H and O–H groups in total. The van der Waals surface area contributed by atoms with Crippen LogP contribution in [-0.2, 0) is 9.47 Å². The van der Waals surface area contributed by atoms with Crippen LogP contribution in [0.1, 0.15) is 49.4 Å².